The van der Waals surface area contributed by atoms with Crippen LogP contribution in [0.15, 0.2) is 16.7 Å². The van der Waals surface area contributed by atoms with Crippen LogP contribution in [0.3, 0.4) is 0 Å². The fourth-order valence-electron chi connectivity index (χ4n) is 2.17. The van der Waals surface area contributed by atoms with Crippen molar-refractivity contribution in [3.05, 3.63) is 22.3 Å². The number of pyridine rings is 1. The van der Waals surface area contributed by atoms with E-state index in [9.17, 15) is 0 Å². The van der Waals surface area contributed by atoms with Crippen molar-refractivity contribution < 1.29 is 0 Å². The van der Waals surface area contributed by atoms with Gasteiger partial charge >= 0.3 is 0 Å². The van der Waals surface area contributed by atoms with Gasteiger partial charge in [-0.1, -0.05) is 0 Å². The summed E-state index contributed by atoms with van der Waals surface area (Å²) in [7, 11) is 0. The summed E-state index contributed by atoms with van der Waals surface area (Å²) in [6, 6.07) is 2.39. The molecule has 0 aliphatic carbocycles. The highest BCUT2D eigenvalue weighted by molar-refractivity contribution is 9.10. The molecular weight excluding hydrogens is 266 g/mol. The van der Waals surface area contributed by atoms with Crippen LogP contribution in [0, 0.1) is 12.8 Å². The summed E-state index contributed by atoms with van der Waals surface area (Å²) in [5.41, 5.74) is 7.12. The molecule has 0 aromatic carbocycles. The first kappa shape index (κ1) is 11.9. The lowest BCUT2D eigenvalue weighted by Gasteiger charge is -2.20. The normalized spacial score (nSPS) is 22.5. The lowest BCUT2D eigenvalue weighted by Crippen LogP contribution is -2.30. The van der Waals surface area contributed by atoms with Gasteiger partial charge in [0.15, 0.2) is 0 Å². The highest BCUT2D eigenvalue weighted by Crippen LogP contribution is 2.29. The zero-order valence-corrected chi connectivity index (χ0v) is 11.4. The van der Waals surface area contributed by atoms with E-state index in [-0.39, 0.29) is 6.04 Å². The maximum Gasteiger partial charge on any atom is 0.142 e. The van der Waals surface area contributed by atoms with Crippen molar-refractivity contribution in [2.75, 3.05) is 18.0 Å². The van der Waals surface area contributed by atoms with Crippen molar-refractivity contribution in [3.8, 4) is 0 Å². The number of anilines is 1. The number of aromatic nitrogens is 1. The lowest BCUT2D eigenvalue weighted by atomic mass is 10.0. The van der Waals surface area contributed by atoms with Crippen molar-refractivity contribution in [2.24, 2.45) is 11.7 Å². The van der Waals surface area contributed by atoms with Gasteiger partial charge in [-0.15, -0.1) is 0 Å². The van der Waals surface area contributed by atoms with Gasteiger partial charge in [-0.05, 0) is 53.7 Å². The lowest BCUT2D eigenvalue weighted by molar-refractivity contribution is 0.488. The zero-order valence-electron chi connectivity index (χ0n) is 9.78. The third-order valence-corrected chi connectivity index (χ3v) is 3.81. The average Bonchev–Trinajstić information content (AvgIpc) is 2.66. The summed E-state index contributed by atoms with van der Waals surface area (Å²) in [6.45, 7) is 6.22. The Morgan fingerprint density at radius 1 is 1.62 bits per heavy atom. The third kappa shape index (κ3) is 2.38. The predicted molar refractivity (Wildman–Crippen MR) is 70.6 cm³/mol. The minimum atomic E-state index is 0.272. The van der Waals surface area contributed by atoms with Gasteiger partial charge in [-0.2, -0.15) is 0 Å². The summed E-state index contributed by atoms with van der Waals surface area (Å²) >= 11 is 3.58. The molecule has 2 unspecified atom stereocenters. The van der Waals surface area contributed by atoms with Gasteiger partial charge in [0.25, 0.3) is 0 Å². The molecule has 4 heteroatoms. The Morgan fingerprint density at radius 2 is 2.38 bits per heavy atom. The summed E-state index contributed by atoms with van der Waals surface area (Å²) in [5, 5.41) is 0. The number of nitrogens with zero attached hydrogens (tertiary/aromatic N) is 2. The van der Waals surface area contributed by atoms with Crippen LogP contribution < -0.4 is 10.6 Å². The predicted octanol–water partition coefficient (Wildman–Crippen LogP) is 2.33. The molecule has 1 aliphatic rings. The molecule has 2 N–H and O–H groups in total. The van der Waals surface area contributed by atoms with E-state index in [2.05, 4.69) is 45.7 Å². The molecule has 0 radical (unpaired) electrons. The van der Waals surface area contributed by atoms with Crippen molar-refractivity contribution in [1.29, 1.82) is 0 Å². The Bertz CT molecular complexity index is 379. The number of nitrogens with two attached hydrogens (primary N) is 1. The second-order valence-corrected chi connectivity index (χ2v) is 5.53. The molecule has 1 aromatic rings. The van der Waals surface area contributed by atoms with Gasteiger partial charge in [-0.25, -0.2) is 4.98 Å². The number of hydrogen-bond donors (Lipinski definition) is 1. The van der Waals surface area contributed by atoms with Crippen LogP contribution in [-0.4, -0.2) is 24.1 Å². The number of halogens is 1. The Morgan fingerprint density at radius 3 is 2.94 bits per heavy atom. The maximum absolute atomic E-state index is 5.94. The SMILES string of the molecule is Cc1cnc(N2CCC(C(C)N)C2)c(Br)c1. The van der Waals surface area contributed by atoms with Crippen LogP contribution in [0.1, 0.15) is 18.9 Å². The van der Waals surface area contributed by atoms with Crippen LogP contribution in [0.25, 0.3) is 0 Å². The van der Waals surface area contributed by atoms with Crippen LogP contribution >= 0.6 is 15.9 Å². The molecule has 2 atom stereocenters. The smallest absolute Gasteiger partial charge is 0.142 e. The van der Waals surface area contributed by atoms with Gasteiger partial charge in [0.2, 0.25) is 0 Å². The van der Waals surface area contributed by atoms with Crippen LogP contribution in [0.2, 0.25) is 0 Å². The van der Waals surface area contributed by atoms with Crippen LogP contribution in [0.4, 0.5) is 5.82 Å². The second kappa shape index (κ2) is 4.72. The molecule has 2 rings (SSSR count). The van der Waals surface area contributed by atoms with E-state index in [4.69, 9.17) is 5.73 Å². The summed E-state index contributed by atoms with van der Waals surface area (Å²) in [5.74, 6) is 1.64. The monoisotopic (exact) mass is 283 g/mol. The third-order valence-electron chi connectivity index (χ3n) is 3.23. The van der Waals surface area contributed by atoms with E-state index >= 15 is 0 Å². The summed E-state index contributed by atoms with van der Waals surface area (Å²) in [4.78, 5) is 6.81. The summed E-state index contributed by atoms with van der Waals surface area (Å²) in [6.07, 6.45) is 3.08. The van der Waals surface area contributed by atoms with Crippen LogP contribution in [0.5, 0.6) is 0 Å². The van der Waals surface area contributed by atoms with Crippen molar-refractivity contribution in [3.63, 3.8) is 0 Å². The van der Waals surface area contributed by atoms with Gasteiger partial charge < -0.3 is 10.6 Å². The first-order chi connectivity index (χ1) is 7.58. The summed E-state index contributed by atoms with van der Waals surface area (Å²) < 4.78 is 1.08. The van der Waals surface area contributed by atoms with E-state index in [1.807, 2.05) is 6.20 Å². The molecule has 88 valence electrons. The van der Waals surface area contributed by atoms with Crippen molar-refractivity contribution >= 4 is 21.7 Å². The molecule has 1 aromatic heterocycles. The molecule has 16 heavy (non-hydrogen) atoms. The highest BCUT2D eigenvalue weighted by atomic mass is 79.9. The fourth-order valence-corrected chi connectivity index (χ4v) is 2.88. The first-order valence-electron chi connectivity index (χ1n) is 5.70. The van der Waals surface area contributed by atoms with E-state index in [0.717, 1.165) is 23.4 Å². The van der Waals surface area contributed by atoms with Gasteiger partial charge in [0.05, 0.1) is 4.47 Å². The Labute approximate surface area is 105 Å². The second-order valence-electron chi connectivity index (χ2n) is 4.67. The van der Waals surface area contributed by atoms with E-state index in [0.29, 0.717) is 5.92 Å². The topological polar surface area (TPSA) is 42.2 Å². The Balaban J connectivity index is 2.14. The number of aryl methyl sites for hydroxylation is 1. The van der Waals surface area contributed by atoms with E-state index < -0.39 is 0 Å². The molecule has 1 saturated heterocycles. The fraction of sp³-hybridized carbons (Fsp3) is 0.583. The minimum Gasteiger partial charge on any atom is -0.355 e. The van der Waals surface area contributed by atoms with E-state index in [1.165, 1.54) is 12.0 Å². The van der Waals surface area contributed by atoms with Gasteiger partial charge in [0.1, 0.15) is 5.82 Å². The molecule has 3 nitrogen and oxygen atoms in total. The quantitative estimate of drug-likeness (QED) is 0.906. The van der Waals surface area contributed by atoms with Gasteiger partial charge in [0, 0.05) is 25.3 Å². The standard InChI is InChI=1S/C12H18BrN3/c1-8-5-11(13)12(15-6-8)16-4-3-10(7-16)9(2)14/h5-6,9-10H,3-4,7,14H2,1-2H3. The zero-order chi connectivity index (χ0) is 11.7. The van der Waals surface area contributed by atoms with Crippen molar-refractivity contribution in [2.45, 2.75) is 26.3 Å². The Kier molecular flexibility index (Phi) is 3.50. The molecule has 1 aliphatic heterocycles. The molecule has 1 fully saturated rings. The molecular formula is C12H18BrN3. The maximum atomic E-state index is 5.94. The molecule has 0 spiro atoms. The van der Waals surface area contributed by atoms with Crippen LogP contribution in [-0.2, 0) is 0 Å². The Hall–Kier alpha value is -0.610. The van der Waals surface area contributed by atoms with Crippen molar-refractivity contribution in [1.82, 2.24) is 4.98 Å². The van der Waals surface area contributed by atoms with E-state index in [1.54, 1.807) is 0 Å². The number of hydrogen-bond acceptors (Lipinski definition) is 3. The largest absolute Gasteiger partial charge is 0.355 e. The molecule has 2 heterocycles. The molecule has 0 amide bonds. The average molecular weight is 284 g/mol. The molecule has 0 saturated carbocycles. The highest BCUT2D eigenvalue weighted by Gasteiger charge is 2.26. The minimum absolute atomic E-state index is 0.272. The van der Waals surface area contributed by atoms with Gasteiger partial charge in [-0.3, -0.25) is 0 Å². The molecule has 0 bridgehead atoms. The first-order valence-corrected chi connectivity index (χ1v) is 6.50. The number of rotatable bonds is 2.